The lowest BCUT2D eigenvalue weighted by Gasteiger charge is -2.29. The van der Waals surface area contributed by atoms with Crippen molar-refractivity contribution in [3.63, 3.8) is 0 Å². The van der Waals surface area contributed by atoms with Crippen LogP contribution in [0, 0.1) is 5.82 Å². The Morgan fingerprint density at radius 2 is 1.81 bits per heavy atom. The average molecular weight is 294 g/mol. The van der Waals surface area contributed by atoms with Crippen molar-refractivity contribution in [1.29, 1.82) is 0 Å². The number of rotatable bonds is 3. The molecule has 21 heavy (non-hydrogen) atoms. The summed E-state index contributed by atoms with van der Waals surface area (Å²) in [5.74, 6) is -2.38. The van der Waals surface area contributed by atoms with Gasteiger partial charge in [0.2, 0.25) is 0 Å². The first-order valence-corrected chi connectivity index (χ1v) is 7.06. The summed E-state index contributed by atoms with van der Waals surface area (Å²) in [5, 5.41) is 12.1. The summed E-state index contributed by atoms with van der Waals surface area (Å²) in [4.78, 5) is 23.9. The normalized spacial score (nSPS) is 17.8. The molecule has 4 N–H and O–H groups in total. The van der Waals surface area contributed by atoms with Crippen LogP contribution >= 0.6 is 0 Å². The maximum absolute atomic E-state index is 13.4. The Labute approximate surface area is 122 Å². The second-order valence-corrected chi connectivity index (χ2v) is 5.46. The number of carbonyl (C=O) groups excluding carboxylic acids is 1. The molecule has 2 rings (SSSR count). The van der Waals surface area contributed by atoms with E-state index in [0.29, 0.717) is 12.8 Å². The van der Waals surface area contributed by atoms with Crippen molar-refractivity contribution in [2.24, 2.45) is 0 Å². The Balaban J connectivity index is 2.26. The molecule has 5 nitrogen and oxygen atoms in total. The van der Waals surface area contributed by atoms with E-state index in [1.165, 1.54) is 12.1 Å². The zero-order valence-electron chi connectivity index (χ0n) is 11.7. The molecule has 1 aromatic rings. The summed E-state index contributed by atoms with van der Waals surface area (Å²) in [6.07, 6.45) is 4.14. The van der Waals surface area contributed by atoms with E-state index in [-0.39, 0.29) is 11.3 Å². The number of aliphatic carboxylic acids is 1. The minimum Gasteiger partial charge on any atom is -0.480 e. The molecular formula is C15H19FN2O3. The number of carboxylic acid groups (broad SMARTS) is 1. The molecule has 0 spiro atoms. The number of amides is 1. The van der Waals surface area contributed by atoms with Crippen LogP contribution in [0.4, 0.5) is 10.1 Å². The third-order valence-electron chi connectivity index (χ3n) is 4.02. The van der Waals surface area contributed by atoms with E-state index < -0.39 is 23.2 Å². The number of para-hydroxylation sites is 1. The first-order valence-electron chi connectivity index (χ1n) is 7.06. The molecule has 0 aliphatic heterocycles. The lowest BCUT2D eigenvalue weighted by molar-refractivity contribution is -0.145. The molecule has 1 aliphatic rings. The monoisotopic (exact) mass is 294 g/mol. The van der Waals surface area contributed by atoms with E-state index >= 15 is 0 Å². The molecule has 0 unspecified atom stereocenters. The number of carboxylic acids is 1. The molecule has 1 fully saturated rings. The highest BCUT2D eigenvalue weighted by Crippen LogP contribution is 2.28. The van der Waals surface area contributed by atoms with Gasteiger partial charge in [0, 0.05) is 0 Å². The summed E-state index contributed by atoms with van der Waals surface area (Å²) in [6.45, 7) is 0. The van der Waals surface area contributed by atoms with Gasteiger partial charge in [-0.2, -0.15) is 0 Å². The molecule has 0 atom stereocenters. The highest BCUT2D eigenvalue weighted by Gasteiger charge is 2.40. The van der Waals surface area contributed by atoms with E-state index in [4.69, 9.17) is 5.73 Å². The molecular weight excluding hydrogens is 275 g/mol. The quantitative estimate of drug-likeness (QED) is 0.589. The van der Waals surface area contributed by atoms with Gasteiger partial charge in [0.25, 0.3) is 5.91 Å². The predicted octanol–water partition coefficient (Wildman–Crippen LogP) is 2.32. The number of carbonyl (C=O) groups is 2. The maximum atomic E-state index is 13.4. The predicted molar refractivity (Wildman–Crippen MR) is 76.3 cm³/mol. The molecule has 1 saturated carbocycles. The molecule has 114 valence electrons. The first kappa shape index (κ1) is 15.3. The number of nitrogens with one attached hydrogen (secondary N) is 1. The Morgan fingerprint density at radius 3 is 2.38 bits per heavy atom. The number of nitrogen functional groups attached to an aromatic ring is 1. The van der Waals surface area contributed by atoms with Gasteiger partial charge in [0.15, 0.2) is 0 Å². The van der Waals surface area contributed by atoms with Gasteiger partial charge < -0.3 is 16.2 Å². The Bertz CT molecular complexity index is 552. The fourth-order valence-corrected chi connectivity index (χ4v) is 2.74. The van der Waals surface area contributed by atoms with E-state index in [2.05, 4.69) is 5.32 Å². The van der Waals surface area contributed by atoms with Crippen LogP contribution in [0.25, 0.3) is 0 Å². The highest BCUT2D eigenvalue weighted by atomic mass is 19.1. The van der Waals surface area contributed by atoms with Crippen LogP contribution in [0.2, 0.25) is 0 Å². The number of nitrogens with two attached hydrogens (primary N) is 1. The summed E-state index contributed by atoms with van der Waals surface area (Å²) in [7, 11) is 0. The maximum Gasteiger partial charge on any atom is 0.329 e. The standard InChI is InChI=1S/C15H19FN2O3/c16-11-7-5-6-10(12(11)17)13(19)18-15(14(20)21)8-3-1-2-4-9-15/h5-7H,1-4,8-9,17H2,(H,18,19)(H,20,21). The highest BCUT2D eigenvalue weighted by molar-refractivity contribution is 6.01. The van der Waals surface area contributed by atoms with Gasteiger partial charge in [-0.05, 0) is 25.0 Å². The summed E-state index contributed by atoms with van der Waals surface area (Å²) >= 11 is 0. The number of hydrogen-bond acceptors (Lipinski definition) is 3. The lowest BCUT2D eigenvalue weighted by atomic mass is 9.89. The second-order valence-electron chi connectivity index (χ2n) is 5.46. The smallest absolute Gasteiger partial charge is 0.329 e. The summed E-state index contributed by atoms with van der Waals surface area (Å²) in [6, 6.07) is 3.92. The zero-order chi connectivity index (χ0) is 15.5. The van der Waals surface area contributed by atoms with E-state index in [9.17, 15) is 19.1 Å². The lowest BCUT2D eigenvalue weighted by Crippen LogP contribution is -2.54. The molecule has 0 aromatic heterocycles. The van der Waals surface area contributed by atoms with Gasteiger partial charge in [-0.15, -0.1) is 0 Å². The molecule has 0 radical (unpaired) electrons. The molecule has 0 saturated heterocycles. The van der Waals surface area contributed by atoms with Gasteiger partial charge in [-0.3, -0.25) is 4.79 Å². The zero-order valence-corrected chi connectivity index (χ0v) is 11.7. The summed E-state index contributed by atoms with van der Waals surface area (Å²) < 4.78 is 13.4. The van der Waals surface area contributed by atoms with Crippen molar-refractivity contribution < 1.29 is 19.1 Å². The van der Waals surface area contributed by atoms with Crippen LogP contribution in [0.3, 0.4) is 0 Å². The van der Waals surface area contributed by atoms with Crippen LogP contribution in [0.1, 0.15) is 48.9 Å². The molecule has 1 aliphatic carbocycles. The molecule has 1 amide bonds. The Morgan fingerprint density at radius 1 is 1.19 bits per heavy atom. The van der Waals surface area contributed by atoms with Gasteiger partial charge in [0.1, 0.15) is 11.4 Å². The third-order valence-corrected chi connectivity index (χ3v) is 4.02. The van der Waals surface area contributed by atoms with Gasteiger partial charge >= 0.3 is 5.97 Å². The average Bonchev–Trinajstić information content (AvgIpc) is 2.68. The number of anilines is 1. The first-order chi connectivity index (χ1) is 9.96. The summed E-state index contributed by atoms with van der Waals surface area (Å²) in [5.41, 5.74) is 3.98. The van der Waals surface area contributed by atoms with Crippen LogP contribution in [0.5, 0.6) is 0 Å². The van der Waals surface area contributed by atoms with Gasteiger partial charge in [-0.25, -0.2) is 9.18 Å². The van der Waals surface area contributed by atoms with Crippen molar-refractivity contribution >= 4 is 17.6 Å². The minimum atomic E-state index is -1.29. The largest absolute Gasteiger partial charge is 0.480 e. The molecule has 6 heteroatoms. The number of halogens is 1. The van der Waals surface area contributed by atoms with Gasteiger partial charge in [0.05, 0.1) is 11.3 Å². The molecule has 0 bridgehead atoms. The van der Waals surface area contributed by atoms with Crippen LogP contribution in [-0.4, -0.2) is 22.5 Å². The molecule has 1 aromatic carbocycles. The third kappa shape index (κ3) is 3.15. The second kappa shape index (κ2) is 6.11. The Hall–Kier alpha value is -2.11. The van der Waals surface area contributed by atoms with Crippen molar-refractivity contribution in [3.8, 4) is 0 Å². The van der Waals surface area contributed by atoms with E-state index in [1.54, 1.807) is 0 Å². The van der Waals surface area contributed by atoms with Crippen molar-refractivity contribution in [2.75, 3.05) is 5.73 Å². The van der Waals surface area contributed by atoms with Gasteiger partial charge in [-0.1, -0.05) is 31.7 Å². The van der Waals surface area contributed by atoms with E-state index in [1.807, 2.05) is 0 Å². The van der Waals surface area contributed by atoms with Crippen LogP contribution < -0.4 is 11.1 Å². The fourth-order valence-electron chi connectivity index (χ4n) is 2.74. The molecule has 0 heterocycles. The minimum absolute atomic E-state index is 0.0279. The van der Waals surface area contributed by atoms with Crippen LogP contribution in [0.15, 0.2) is 18.2 Å². The van der Waals surface area contributed by atoms with Crippen LogP contribution in [-0.2, 0) is 4.79 Å². The number of hydrogen-bond donors (Lipinski definition) is 3. The van der Waals surface area contributed by atoms with Crippen molar-refractivity contribution in [2.45, 2.75) is 44.1 Å². The van der Waals surface area contributed by atoms with Crippen molar-refractivity contribution in [1.82, 2.24) is 5.32 Å². The number of benzene rings is 1. The van der Waals surface area contributed by atoms with E-state index in [0.717, 1.165) is 31.7 Å². The fraction of sp³-hybridized carbons (Fsp3) is 0.467. The SMILES string of the molecule is Nc1c(F)cccc1C(=O)NC1(C(=O)O)CCCCCC1. The topological polar surface area (TPSA) is 92.4 Å². The van der Waals surface area contributed by atoms with Crippen molar-refractivity contribution in [3.05, 3.63) is 29.6 Å². The Kier molecular flexibility index (Phi) is 4.45.